The van der Waals surface area contributed by atoms with E-state index in [2.05, 4.69) is 15.1 Å². The number of nitrogens with zero attached hydrogens (tertiary/aromatic N) is 4. The molecule has 100 valence electrons. The number of pyridine rings is 1. The second-order valence-corrected chi connectivity index (χ2v) is 4.13. The van der Waals surface area contributed by atoms with Gasteiger partial charge in [-0.2, -0.15) is 4.98 Å². The van der Waals surface area contributed by atoms with Gasteiger partial charge in [0.25, 0.3) is 0 Å². The lowest BCUT2D eigenvalue weighted by molar-refractivity contribution is 0.0699. The number of carbonyl (C=O) groups is 1. The molecule has 0 fully saturated rings. The van der Waals surface area contributed by atoms with Gasteiger partial charge >= 0.3 is 12.0 Å². The van der Waals surface area contributed by atoms with Crippen LogP contribution < -0.4 is 4.74 Å². The van der Waals surface area contributed by atoms with E-state index in [1.165, 1.54) is 17.1 Å². The summed E-state index contributed by atoms with van der Waals surface area (Å²) in [6.07, 6.45) is 1.51. The molecule has 0 amide bonds. The number of hydrogen-bond donors (Lipinski definition) is 1. The Bertz CT molecular complexity index is 797. The van der Waals surface area contributed by atoms with Crippen molar-refractivity contribution in [3.05, 3.63) is 42.2 Å². The molecular weight excluding hydrogens is 260 g/mol. The van der Waals surface area contributed by atoms with Gasteiger partial charge in [-0.05, 0) is 18.2 Å². The Balaban J connectivity index is 2.01. The van der Waals surface area contributed by atoms with Gasteiger partial charge in [0, 0.05) is 18.5 Å². The monoisotopic (exact) mass is 270 g/mol. The molecule has 0 spiro atoms. The quantitative estimate of drug-likeness (QED) is 0.781. The van der Waals surface area contributed by atoms with Gasteiger partial charge in [-0.3, -0.25) is 4.68 Å². The Hall–Kier alpha value is -2.96. The summed E-state index contributed by atoms with van der Waals surface area (Å²) < 4.78 is 6.92. The Kier molecular flexibility index (Phi) is 2.79. The molecule has 0 aliphatic rings. The first-order valence-electron chi connectivity index (χ1n) is 5.80. The van der Waals surface area contributed by atoms with E-state index >= 15 is 0 Å². The lowest BCUT2D eigenvalue weighted by atomic mass is 10.1. The zero-order valence-corrected chi connectivity index (χ0v) is 10.5. The van der Waals surface area contributed by atoms with Crippen molar-refractivity contribution in [2.24, 2.45) is 7.05 Å². The highest BCUT2D eigenvalue weighted by molar-refractivity contribution is 6.02. The molecule has 0 saturated heterocycles. The summed E-state index contributed by atoms with van der Waals surface area (Å²) in [5.74, 6) is -0.677. The number of ether oxygens (including phenoxy) is 1. The highest BCUT2D eigenvalue weighted by Gasteiger charge is 2.10. The van der Waals surface area contributed by atoms with Crippen LogP contribution >= 0.6 is 0 Å². The van der Waals surface area contributed by atoms with Crippen molar-refractivity contribution in [3.63, 3.8) is 0 Å². The Labute approximate surface area is 113 Å². The smallest absolute Gasteiger partial charge is 0.342 e. The number of carboxylic acid groups (broad SMARTS) is 1. The molecule has 2 aromatic heterocycles. The van der Waals surface area contributed by atoms with Crippen LogP contribution in [-0.4, -0.2) is 30.8 Å². The molecule has 3 aromatic rings. The third kappa shape index (κ3) is 2.16. The fraction of sp³-hybridized carbons (Fsp3) is 0.0769. The summed E-state index contributed by atoms with van der Waals surface area (Å²) in [6, 6.07) is 8.33. The number of rotatable bonds is 3. The van der Waals surface area contributed by atoms with E-state index in [4.69, 9.17) is 9.84 Å². The van der Waals surface area contributed by atoms with Crippen molar-refractivity contribution in [3.8, 4) is 11.9 Å². The van der Waals surface area contributed by atoms with Crippen LogP contribution in [0.1, 0.15) is 10.4 Å². The summed E-state index contributed by atoms with van der Waals surface area (Å²) in [4.78, 5) is 19.3. The molecule has 1 N–H and O–H groups in total. The first-order valence-corrected chi connectivity index (χ1v) is 5.80. The van der Waals surface area contributed by atoms with Crippen LogP contribution in [-0.2, 0) is 7.05 Å². The molecule has 7 heteroatoms. The van der Waals surface area contributed by atoms with Gasteiger partial charge in [0.05, 0.1) is 11.1 Å². The van der Waals surface area contributed by atoms with E-state index in [0.717, 1.165) is 0 Å². The Morgan fingerprint density at radius 2 is 2.15 bits per heavy atom. The largest absolute Gasteiger partial charge is 0.478 e. The van der Waals surface area contributed by atoms with Gasteiger partial charge in [-0.25, -0.2) is 9.78 Å². The summed E-state index contributed by atoms with van der Waals surface area (Å²) >= 11 is 0. The molecule has 20 heavy (non-hydrogen) atoms. The highest BCUT2D eigenvalue weighted by Crippen LogP contribution is 2.22. The molecule has 0 unspecified atom stereocenters. The lowest BCUT2D eigenvalue weighted by Gasteiger charge is -2.04. The van der Waals surface area contributed by atoms with Crippen molar-refractivity contribution < 1.29 is 14.6 Å². The predicted molar refractivity (Wildman–Crippen MR) is 69.8 cm³/mol. The van der Waals surface area contributed by atoms with E-state index in [1.54, 1.807) is 31.3 Å². The van der Waals surface area contributed by atoms with E-state index in [9.17, 15) is 4.79 Å². The molecule has 7 nitrogen and oxygen atoms in total. The van der Waals surface area contributed by atoms with E-state index < -0.39 is 5.97 Å². The van der Waals surface area contributed by atoms with Gasteiger partial charge in [0.2, 0.25) is 5.88 Å². The van der Waals surface area contributed by atoms with E-state index in [0.29, 0.717) is 16.8 Å². The number of aromatic carboxylic acids is 1. The summed E-state index contributed by atoms with van der Waals surface area (Å²) in [5, 5.41) is 13.6. The van der Waals surface area contributed by atoms with Gasteiger partial charge in [0.15, 0.2) is 0 Å². The molecule has 0 aliphatic heterocycles. The standard InChI is InChI=1S/C13H10N4O3/c1-17-7-14-13(16-17)20-11-6-5-8-9(12(18)19)3-2-4-10(8)15-11/h2-7H,1H3,(H,18,19). The Morgan fingerprint density at radius 3 is 2.85 bits per heavy atom. The minimum Gasteiger partial charge on any atom is -0.478 e. The molecule has 3 rings (SSSR count). The first-order chi connectivity index (χ1) is 9.63. The van der Waals surface area contributed by atoms with E-state index in [1.807, 2.05) is 0 Å². The molecular formula is C13H10N4O3. The van der Waals surface area contributed by atoms with Crippen LogP contribution in [0, 0.1) is 0 Å². The topological polar surface area (TPSA) is 90.1 Å². The number of aromatic nitrogens is 4. The molecule has 1 aromatic carbocycles. The van der Waals surface area contributed by atoms with Crippen LogP contribution in [0.25, 0.3) is 10.9 Å². The maximum atomic E-state index is 11.1. The molecule has 2 heterocycles. The van der Waals surface area contributed by atoms with Crippen LogP contribution in [0.2, 0.25) is 0 Å². The second-order valence-electron chi connectivity index (χ2n) is 4.13. The van der Waals surface area contributed by atoms with Crippen molar-refractivity contribution in [1.29, 1.82) is 0 Å². The van der Waals surface area contributed by atoms with Gasteiger partial charge < -0.3 is 9.84 Å². The third-order valence-electron chi connectivity index (χ3n) is 2.71. The molecule has 0 atom stereocenters. The van der Waals surface area contributed by atoms with Gasteiger partial charge in [-0.15, -0.1) is 5.10 Å². The average Bonchev–Trinajstić information content (AvgIpc) is 2.83. The number of benzene rings is 1. The summed E-state index contributed by atoms with van der Waals surface area (Å²) in [7, 11) is 1.73. The molecule has 0 radical (unpaired) electrons. The SMILES string of the molecule is Cn1cnc(Oc2ccc3c(C(=O)O)cccc3n2)n1. The van der Waals surface area contributed by atoms with Crippen LogP contribution in [0.4, 0.5) is 0 Å². The van der Waals surface area contributed by atoms with Crippen molar-refractivity contribution in [2.45, 2.75) is 0 Å². The van der Waals surface area contributed by atoms with E-state index in [-0.39, 0.29) is 11.6 Å². The van der Waals surface area contributed by atoms with Crippen molar-refractivity contribution in [1.82, 2.24) is 19.7 Å². The number of fused-ring (bicyclic) bond motifs is 1. The number of hydrogen-bond acceptors (Lipinski definition) is 5. The zero-order chi connectivity index (χ0) is 14.1. The maximum Gasteiger partial charge on any atom is 0.342 e. The number of carboxylic acids is 1. The molecule has 0 bridgehead atoms. The van der Waals surface area contributed by atoms with Crippen molar-refractivity contribution >= 4 is 16.9 Å². The van der Waals surface area contributed by atoms with Crippen molar-refractivity contribution in [2.75, 3.05) is 0 Å². The minimum atomic E-state index is -0.988. The highest BCUT2D eigenvalue weighted by atomic mass is 16.5. The van der Waals surface area contributed by atoms with Crippen LogP contribution in [0.15, 0.2) is 36.7 Å². The summed E-state index contributed by atoms with van der Waals surface area (Å²) in [6.45, 7) is 0. The van der Waals surface area contributed by atoms with Gasteiger partial charge in [0.1, 0.15) is 6.33 Å². The van der Waals surface area contributed by atoms with Crippen LogP contribution in [0.5, 0.6) is 11.9 Å². The van der Waals surface area contributed by atoms with Gasteiger partial charge in [-0.1, -0.05) is 6.07 Å². The molecule has 0 saturated carbocycles. The first kappa shape index (κ1) is 12.1. The fourth-order valence-electron chi connectivity index (χ4n) is 1.84. The predicted octanol–water partition coefficient (Wildman–Crippen LogP) is 1.85. The normalized spacial score (nSPS) is 10.7. The summed E-state index contributed by atoms with van der Waals surface area (Å²) in [5.41, 5.74) is 0.746. The lowest BCUT2D eigenvalue weighted by Crippen LogP contribution is -1.98. The van der Waals surface area contributed by atoms with Crippen LogP contribution in [0.3, 0.4) is 0 Å². The number of aryl methyl sites for hydroxylation is 1. The minimum absolute atomic E-state index is 0.189. The Morgan fingerprint density at radius 1 is 1.30 bits per heavy atom. The average molecular weight is 270 g/mol. The zero-order valence-electron chi connectivity index (χ0n) is 10.5. The third-order valence-corrected chi connectivity index (χ3v) is 2.71. The second kappa shape index (κ2) is 4.61. The maximum absolute atomic E-state index is 11.1. The molecule has 0 aliphatic carbocycles. The fourth-order valence-corrected chi connectivity index (χ4v) is 1.84.